The maximum atomic E-state index is 10.6. The van der Waals surface area contributed by atoms with E-state index in [9.17, 15) is 4.79 Å². The second-order valence-corrected chi connectivity index (χ2v) is 5.51. The Kier molecular flexibility index (Phi) is 3.88. The number of ether oxygens (including phenoxy) is 1. The van der Waals surface area contributed by atoms with Gasteiger partial charge < -0.3 is 4.74 Å². The molecule has 0 aliphatic carbocycles. The third kappa shape index (κ3) is 2.58. The molecule has 0 unspecified atom stereocenters. The maximum Gasteiger partial charge on any atom is 0.160 e. The van der Waals surface area contributed by atoms with Gasteiger partial charge in [-0.3, -0.25) is 4.79 Å². The number of carbonyl (C=O) groups is 1. The predicted molar refractivity (Wildman–Crippen MR) is 68.3 cm³/mol. The van der Waals surface area contributed by atoms with Crippen LogP contribution in [0.15, 0.2) is 24.3 Å². The van der Waals surface area contributed by atoms with Gasteiger partial charge in [-0.1, -0.05) is 0 Å². The van der Waals surface area contributed by atoms with Crippen LogP contribution in [-0.4, -0.2) is 12.9 Å². The summed E-state index contributed by atoms with van der Waals surface area (Å²) in [7, 11) is 0. The van der Waals surface area contributed by atoms with Crippen LogP contribution in [0, 0.1) is 0 Å². The zero-order chi connectivity index (χ0) is 11.4. The van der Waals surface area contributed by atoms with Crippen LogP contribution in [0.1, 0.15) is 21.5 Å². The average Bonchev–Trinajstić information content (AvgIpc) is 2.94. The van der Waals surface area contributed by atoms with E-state index in [-0.39, 0.29) is 0 Å². The van der Waals surface area contributed by atoms with E-state index >= 15 is 0 Å². The zero-order valence-electron chi connectivity index (χ0n) is 8.93. The molecule has 0 saturated heterocycles. The molecular formula is C12H12O2S2. The van der Waals surface area contributed by atoms with E-state index in [0.717, 1.165) is 22.6 Å². The van der Waals surface area contributed by atoms with Gasteiger partial charge >= 0.3 is 0 Å². The van der Waals surface area contributed by atoms with Crippen LogP contribution in [0.2, 0.25) is 0 Å². The second-order valence-electron chi connectivity index (χ2n) is 3.22. The average molecular weight is 252 g/mol. The van der Waals surface area contributed by atoms with E-state index in [1.165, 1.54) is 21.1 Å². The van der Waals surface area contributed by atoms with E-state index in [1.54, 1.807) is 11.3 Å². The first-order chi connectivity index (χ1) is 7.83. The first-order valence-corrected chi connectivity index (χ1v) is 6.68. The smallest absolute Gasteiger partial charge is 0.160 e. The summed E-state index contributed by atoms with van der Waals surface area (Å²) in [6.07, 6.45) is 0.892. The zero-order valence-corrected chi connectivity index (χ0v) is 10.6. The molecule has 0 N–H and O–H groups in total. The lowest BCUT2D eigenvalue weighted by Crippen LogP contribution is -1.87. The molecule has 4 heteroatoms. The standard InChI is InChI=1S/C12H12O2S2/c1-2-14-8-10-4-6-12(16-10)11-5-3-9(7-13)15-11/h3-7H,2,8H2,1H3. The molecule has 2 nitrogen and oxygen atoms in total. The number of rotatable bonds is 5. The summed E-state index contributed by atoms with van der Waals surface area (Å²) in [6, 6.07) is 8.01. The predicted octanol–water partition coefficient (Wildman–Crippen LogP) is 3.83. The van der Waals surface area contributed by atoms with E-state index in [0.29, 0.717) is 6.61 Å². The highest BCUT2D eigenvalue weighted by Gasteiger charge is 2.05. The molecule has 0 aliphatic heterocycles. The molecule has 2 heterocycles. The lowest BCUT2D eigenvalue weighted by atomic mass is 10.3. The Hall–Kier alpha value is -0.970. The molecule has 2 aromatic rings. The van der Waals surface area contributed by atoms with Crippen LogP contribution < -0.4 is 0 Å². The summed E-state index contributed by atoms with van der Waals surface area (Å²) in [5.74, 6) is 0. The molecule has 2 rings (SSSR count). The molecule has 0 radical (unpaired) electrons. The third-order valence-electron chi connectivity index (χ3n) is 2.10. The molecule has 0 fully saturated rings. The van der Waals surface area contributed by atoms with E-state index in [4.69, 9.17) is 4.74 Å². The Morgan fingerprint density at radius 2 is 1.94 bits per heavy atom. The van der Waals surface area contributed by atoms with Crippen LogP contribution >= 0.6 is 22.7 Å². The summed E-state index contributed by atoms with van der Waals surface area (Å²) in [5, 5.41) is 0. The largest absolute Gasteiger partial charge is 0.376 e. The van der Waals surface area contributed by atoms with Crippen molar-refractivity contribution in [3.05, 3.63) is 34.0 Å². The highest BCUT2D eigenvalue weighted by Crippen LogP contribution is 2.33. The van der Waals surface area contributed by atoms with Gasteiger partial charge in [-0.05, 0) is 31.2 Å². The Morgan fingerprint density at radius 3 is 2.62 bits per heavy atom. The van der Waals surface area contributed by atoms with Crippen LogP contribution in [0.25, 0.3) is 9.75 Å². The fourth-order valence-electron chi connectivity index (χ4n) is 1.34. The number of hydrogen-bond donors (Lipinski definition) is 0. The third-order valence-corrected chi connectivity index (χ3v) is 4.36. The van der Waals surface area contributed by atoms with Crippen molar-refractivity contribution in [1.82, 2.24) is 0 Å². The monoisotopic (exact) mass is 252 g/mol. The van der Waals surface area contributed by atoms with Crippen LogP contribution in [0.3, 0.4) is 0 Å². The van der Waals surface area contributed by atoms with Crippen molar-refractivity contribution in [2.75, 3.05) is 6.61 Å². The lowest BCUT2D eigenvalue weighted by Gasteiger charge is -1.95. The van der Waals surface area contributed by atoms with Gasteiger partial charge in [0.25, 0.3) is 0 Å². The van der Waals surface area contributed by atoms with Crippen molar-refractivity contribution < 1.29 is 9.53 Å². The minimum Gasteiger partial charge on any atom is -0.376 e. The Bertz CT molecular complexity index is 471. The van der Waals surface area contributed by atoms with Gasteiger partial charge in [0, 0.05) is 21.2 Å². The molecule has 16 heavy (non-hydrogen) atoms. The summed E-state index contributed by atoms with van der Waals surface area (Å²) < 4.78 is 5.35. The number of carbonyl (C=O) groups excluding carboxylic acids is 1. The summed E-state index contributed by atoms with van der Waals surface area (Å²) in [5.41, 5.74) is 0. The molecule has 0 atom stereocenters. The van der Waals surface area contributed by atoms with Crippen molar-refractivity contribution in [3.63, 3.8) is 0 Å². The minimum absolute atomic E-state index is 0.674. The van der Waals surface area contributed by atoms with Crippen molar-refractivity contribution in [2.24, 2.45) is 0 Å². The van der Waals surface area contributed by atoms with Gasteiger partial charge in [0.15, 0.2) is 6.29 Å². The normalized spacial score (nSPS) is 10.6. The molecule has 0 saturated carbocycles. The quantitative estimate of drug-likeness (QED) is 0.756. The highest BCUT2D eigenvalue weighted by molar-refractivity contribution is 7.22. The van der Waals surface area contributed by atoms with Crippen LogP contribution in [-0.2, 0) is 11.3 Å². The van der Waals surface area contributed by atoms with Crippen molar-refractivity contribution >= 4 is 29.0 Å². The van der Waals surface area contributed by atoms with Crippen LogP contribution in [0.4, 0.5) is 0 Å². The van der Waals surface area contributed by atoms with Crippen molar-refractivity contribution in [1.29, 1.82) is 0 Å². The first-order valence-electron chi connectivity index (χ1n) is 5.05. The first kappa shape index (κ1) is 11.5. The van der Waals surface area contributed by atoms with Crippen molar-refractivity contribution in [2.45, 2.75) is 13.5 Å². The van der Waals surface area contributed by atoms with E-state index < -0.39 is 0 Å². The molecule has 0 aliphatic rings. The Morgan fingerprint density at radius 1 is 1.19 bits per heavy atom. The van der Waals surface area contributed by atoms with Gasteiger partial charge in [0.05, 0.1) is 11.5 Å². The summed E-state index contributed by atoms with van der Waals surface area (Å²) in [6.45, 7) is 3.40. The molecule has 2 aromatic heterocycles. The highest BCUT2D eigenvalue weighted by atomic mass is 32.1. The van der Waals surface area contributed by atoms with Gasteiger partial charge in [0.1, 0.15) is 0 Å². The second kappa shape index (κ2) is 5.39. The number of thiophene rings is 2. The molecule has 0 spiro atoms. The maximum absolute atomic E-state index is 10.6. The van der Waals surface area contributed by atoms with Gasteiger partial charge in [-0.2, -0.15) is 0 Å². The van der Waals surface area contributed by atoms with Gasteiger partial charge in [-0.15, -0.1) is 22.7 Å². The van der Waals surface area contributed by atoms with E-state index in [2.05, 4.69) is 12.1 Å². The molecule has 84 valence electrons. The molecule has 0 amide bonds. The van der Waals surface area contributed by atoms with Gasteiger partial charge in [-0.25, -0.2) is 0 Å². The summed E-state index contributed by atoms with van der Waals surface area (Å²) >= 11 is 3.24. The van der Waals surface area contributed by atoms with Crippen molar-refractivity contribution in [3.8, 4) is 9.75 Å². The SMILES string of the molecule is CCOCc1ccc(-c2ccc(C=O)s2)s1. The lowest BCUT2D eigenvalue weighted by molar-refractivity contribution is 0.112. The number of hydrogen-bond acceptors (Lipinski definition) is 4. The van der Waals surface area contributed by atoms with Gasteiger partial charge in [0.2, 0.25) is 0 Å². The molecular weight excluding hydrogens is 240 g/mol. The van der Waals surface area contributed by atoms with E-state index in [1.807, 2.05) is 19.1 Å². The Labute approximate surface area is 103 Å². The van der Waals surface area contributed by atoms with Crippen LogP contribution in [0.5, 0.6) is 0 Å². The topological polar surface area (TPSA) is 26.3 Å². The molecule has 0 aromatic carbocycles. The number of aldehydes is 1. The fourth-order valence-corrected chi connectivity index (χ4v) is 3.20. The Balaban J connectivity index is 2.14. The summed E-state index contributed by atoms with van der Waals surface area (Å²) in [4.78, 5) is 14.9. The minimum atomic E-state index is 0.674. The molecule has 0 bridgehead atoms. The fraction of sp³-hybridized carbons (Fsp3) is 0.250.